The highest BCUT2D eigenvalue weighted by Crippen LogP contribution is 2.47. The zero-order chi connectivity index (χ0) is 14.8. The molecule has 0 spiro atoms. The highest BCUT2D eigenvalue weighted by molar-refractivity contribution is 8.00. The van der Waals surface area contributed by atoms with E-state index in [0.717, 1.165) is 5.56 Å². The van der Waals surface area contributed by atoms with Crippen LogP contribution in [-0.2, 0) is 4.79 Å². The largest absolute Gasteiger partial charge is 0.493 e. The molecular weight excluding hydrogens is 310 g/mol. The molecule has 3 rings (SSSR count). The van der Waals surface area contributed by atoms with E-state index < -0.39 is 0 Å². The number of hydrogen-bond donors (Lipinski definition) is 0. The van der Waals surface area contributed by atoms with Crippen molar-refractivity contribution in [2.75, 3.05) is 24.9 Å². The average Bonchev–Trinajstić information content (AvgIpc) is 3.15. The normalized spacial score (nSPS) is 18.1. The number of carbonyl (C=O) groups is 1. The second-order valence-corrected chi connectivity index (χ2v) is 6.11. The minimum absolute atomic E-state index is 0.0200. The predicted molar refractivity (Wildman–Crippen MR) is 82.1 cm³/mol. The molecule has 8 heteroatoms. The summed E-state index contributed by atoms with van der Waals surface area (Å²) < 4.78 is 10.8. The van der Waals surface area contributed by atoms with Crippen molar-refractivity contribution in [3.8, 4) is 11.5 Å². The van der Waals surface area contributed by atoms with Gasteiger partial charge < -0.3 is 9.47 Å². The Morgan fingerprint density at radius 1 is 1.33 bits per heavy atom. The molecule has 0 N–H and O–H groups in total. The molecule has 1 aromatic heterocycles. The molecule has 1 saturated heterocycles. The van der Waals surface area contributed by atoms with E-state index in [1.165, 1.54) is 23.1 Å². The van der Waals surface area contributed by atoms with Gasteiger partial charge >= 0.3 is 0 Å². The maximum absolute atomic E-state index is 12.2. The second kappa shape index (κ2) is 5.90. The molecule has 0 saturated carbocycles. The summed E-state index contributed by atoms with van der Waals surface area (Å²) in [6.07, 6.45) is 0. The van der Waals surface area contributed by atoms with E-state index in [2.05, 4.69) is 10.2 Å². The number of carbonyl (C=O) groups excluding carboxylic acids is 1. The van der Waals surface area contributed by atoms with Gasteiger partial charge in [0.25, 0.3) is 0 Å². The molecule has 6 nitrogen and oxygen atoms in total. The summed E-state index contributed by atoms with van der Waals surface area (Å²) in [6, 6.07) is 5.66. The molecule has 1 aromatic carbocycles. The van der Waals surface area contributed by atoms with E-state index in [1.54, 1.807) is 24.6 Å². The lowest BCUT2D eigenvalue weighted by molar-refractivity contribution is -0.115. The summed E-state index contributed by atoms with van der Waals surface area (Å²) in [5, 5.41) is 8.24. The van der Waals surface area contributed by atoms with Gasteiger partial charge in [0, 0.05) is 5.56 Å². The topological polar surface area (TPSA) is 64.5 Å². The Hall–Kier alpha value is -1.80. The fourth-order valence-corrected chi connectivity index (χ4v) is 4.08. The number of nitrogens with zero attached hydrogens (tertiary/aromatic N) is 3. The summed E-state index contributed by atoms with van der Waals surface area (Å²) in [4.78, 5) is 13.8. The van der Waals surface area contributed by atoms with Crippen molar-refractivity contribution < 1.29 is 14.3 Å². The SMILES string of the molecule is COc1cccc(C2SCC(=O)N2c2nncs2)c1OC. The van der Waals surface area contributed by atoms with E-state index >= 15 is 0 Å². The molecule has 110 valence electrons. The lowest BCUT2D eigenvalue weighted by Gasteiger charge is -2.23. The third kappa shape index (κ3) is 2.44. The minimum atomic E-state index is -0.185. The van der Waals surface area contributed by atoms with E-state index in [0.29, 0.717) is 22.4 Å². The third-order valence-corrected chi connectivity index (χ3v) is 5.00. The number of methoxy groups -OCH3 is 2. The Labute approximate surface area is 130 Å². The fraction of sp³-hybridized carbons (Fsp3) is 0.308. The first kappa shape index (κ1) is 14.2. The van der Waals surface area contributed by atoms with Crippen molar-refractivity contribution in [3.63, 3.8) is 0 Å². The molecule has 0 aliphatic carbocycles. The van der Waals surface area contributed by atoms with Crippen molar-refractivity contribution in [3.05, 3.63) is 29.3 Å². The Balaban J connectivity index is 2.05. The van der Waals surface area contributed by atoms with Crippen LogP contribution in [0.3, 0.4) is 0 Å². The minimum Gasteiger partial charge on any atom is -0.493 e. The van der Waals surface area contributed by atoms with Crippen LogP contribution in [0.2, 0.25) is 0 Å². The molecule has 0 radical (unpaired) electrons. The Kier molecular flexibility index (Phi) is 3.98. The van der Waals surface area contributed by atoms with Gasteiger partial charge in [0.05, 0.1) is 20.0 Å². The molecule has 2 heterocycles. The molecule has 21 heavy (non-hydrogen) atoms. The van der Waals surface area contributed by atoms with Crippen LogP contribution in [0, 0.1) is 0 Å². The average molecular weight is 323 g/mol. The third-order valence-electron chi connectivity index (χ3n) is 3.12. The first-order valence-electron chi connectivity index (χ1n) is 6.17. The lowest BCUT2D eigenvalue weighted by atomic mass is 10.1. The van der Waals surface area contributed by atoms with Gasteiger partial charge in [-0.3, -0.25) is 9.69 Å². The number of hydrogen-bond acceptors (Lipinski definition) is 7. The summed E-state index contributed by atoms with van der Waals surface area (Å²) in [7, 11) is 3.19. The highest BCUT2D eigenvalue weighted by atomic mass is 32.2. The van der Waals surface area contributed by atoms with Gasteiger partial charge in [0.1, 0.15) is 10.9 Å². The Bertz CT molecular complexity index is 648. The Morgan fingerprint density at radius 2 is 2.19 bits per heavy atom. The molecule has 0 bridgehead atoms. The first-order chi connectivity index (χ1) is 10.3. The highest BCUT2D eigenvalue weighted by Gasteiger charge is 2.37. The number of benzene rings is 1. The van der Waals surface area contributed by atoms with Gasteiger partial charge in [-0.15, -0.1) is 22.0 Å². The number of thioether (sulfide) groups is 1. The summed E-state index contributed by atoms with van der Waals surface area (Å²) >= 11 is 2.88. The van der Waals surface area contributed by atoms with Crippen LogP contribution in [0.15, 0.2) is 23.7 Å². The van der Waals surface area contributed by atoms with Crippen LogP contribution in [0.4, 0.5) is 5.13 Å². The number of rotatable bonds is 4. The smallest absolute Gasteiger partial charge is 0.240 e. The van der Waals surface area contributed by atoms with Crippen LogP contribution < -0.4 is 14.4 Å². The Morgan fingerprint density at radius 3 is 2.86 bits per heavy atom. The van der Waals surface area contributed by atoms with E-state index in [9.17, 15) is 4.79 Å². The molecule has 1 aliphatic rings. The van der Waals surface area contributed by atoms with Crippen molar-refractivity contribution in [2.45, 2.75) is 5.37 Å². The number of amides is 1. The van der Waals surface area contributed by atoms with Crippen LogP contribution in [0.25, 0.3) is 0 Å². The van der Waals surface area contributed by atoms with E-state index in [1.807, 2.05) is 18.2 Å². The van der Waals surface area contributed by atoms with Gasteiger partial charge in [-0.1, -0.05) is 23.5 Å². The van der Waals surface area contributed by atoms with E-state index in [4.69, 9.17) is 9.47 Å². The van der Waals surface area contributed by atoms with Crippen LogP contribution >= 0.6 is 23.1 Å². The van der Waals surface area contributed by atoms with Gasteiger partial charge in [0.15, 0.2) is 11.5 Å². The summed E-state index contributed by atoms with van der Waals surface area (Å²) in [5.74, 6) is 1.71. The van der Waals surface area contributed by atoms with E-state index in [-0.39, 0.29) is 11.3 Å². The summed E-state index contributed by atoms with van der Waals surface area (Å²) in [6.45, 7) is 0. The predicted octanol–water partition coefficient (Wildman–Crippen LogP) is 2.33. The maximum Gasteiger partial charge on any atom is 0.240 e. The maximum atomic E-state index is 12.2. The van der Waals surface area contributed by atoms with Crippen LogP contribution in [-0.4, -0.2) is 36.1 Å². The molecule has 1 fully saturated rings. The molecule has 1 atom stereocenters. The van der Waals surface area contributed by atoms with Crippen molar-refractivity contribution >= 4 is 34.1 Å². The molecule has 1 amide bonds. The van der Waals surface area contributed by atoms with Gasteiger partial charge in [0.2, 0.25) is 11.0 Å². The standard InChI is InChI=1S/C13H13N3O3S2/c1-18-9-5-3-4-8(11(9)19-2)12-16(10(17)6-20-12)13-15-14-7-21-13/h3-5,7,12H,6H2,1-2H3. The molecule has 1 unspecified atom stereocenters. The van der Waals surface area contributed by atoms with Crippen molar-refractivity contribution in [1.82, 2.24) is 10.2 Å². The molecule has 1 aliphatic heterocycles. The second-order valence-electron chi connectivity index (χ2n) is 4.23. The van der Waals surface area contributed by atoms with Gasteiger partial charge in [-0.2, -0.15) is 0 Å². The quantitative estimate of drug-likeness (QED) is 0.860. The molecule has 2 aromatic rings. The molecular formula is C13H13N3O3S2. The number of anilines is 1. The lowest BCUT2D eigenvalue weighted by Crippen LogP contribution is -2.28. The first-order valence-corrected chi connectivity index (χ1v) is 8.09. The van der Waals surface area contributed by atoms with Crippen molar-refractivity contribution in [2.24, 2.45) is 0 Å². The monoisotopic (exact) mass is 323 g/mol. The van der Waals surface area contributed by atoms with Gasteiger partial charge in [-0.25, -0.2) is 0 Å². The fourth-order valence-electron chi connectivity index (χ4n) is 2.24. The van der Waals surface area contributed by atoms with Crippen LogP contribution in [0.5, 0.6) is 11.5 Å². The van der Waals surface area contributed by atoms with Crippen molar-refractivity contribution in [1.29, 1.82) is 0 Å². The number of para-hydroxylation sites is 1. The van der Waals surface area contributed by atoms with Crippen LogP contribution in [0.1, 0.15) is 10.9 Å². The number of ether oxygens (including phenoxy) is 2. The van der Waals surface area contributed by atoms with Gasteiger partial charge in [-0.05, 0) is 6.07 Å². The summed E-state index contributed by atoms with van der Waals surface area (Å²) in [5.41, 5.74) is 2.51. The number of aromatic nitrogens is 2. The zero-order valence-electron chi connectivity index (χ0n) is 11.5. The zero-order valence-corrected chi connectivity index (χ0v) is 13.1.